The molecule has 1 rings (SSSR count). The Kier molecular flexibility index (Phi) is 4.46. The predicted octanol–water partition coefficient (Wildman–Crippen LogP) is 1.81. The zero-order valence-corrected chi connectivity index (χ0v) is 8.75. The van der Waals surface area contributed by atoms with Crippen molar-refractivity contribution in [3.05, 3.63) is 18.0 Å². The van der Waals surface area contributed by atoms with Crippen molar-refractivity contribution in [1.82, 2.24) is 10.5 Å². The lowest BCUT2D eigenvalue weighted by Gasteiger charge is -2.11. The molecule has 0 bridgehead atoms. The highest BCUT2D eigenvalue weighted by atomic mass is 35.5. The van der Waals surface area contributed by atoms with Crippen LogP contribution >= 0.6 is 11.6 Å². The van der Waals surface area contributed by atoms with E-state index in [4.69, 9.17) is 11.6 Å². The van der Waals surface area contributed by atoms with Crippen LogP contribution in [0.3, 0.4) is 0 Å². The topological polar surface area (TPSA) is 55.1 Å². The smallest absolute Gasteiger partial charge is 0.273 e. The number of alkyl halides is 1. The first kappa shape index (κ1) is 11.0. The lowest BCUT2D eigenvalue weighted by molar-refractivity contribution is 0.0929. The van der Waals surface area contributed by atoms with Crippen molar-refractivity contribution >= 4 is 17.5 Å². The van der Waals surface area contributed by atoms with Gasteiger partial charge in [0.2, 0.25) is 0 Å². The first-order valence-corrected chi connectivity index (χ1v) is 5.04. The second-order valence-corrected chi connectivity index (χ2v) is 3.47. The molecule has 0 aliphatic carbocycles. The van der Waals surface area contributed by atoms with Gasteiger partial charge in [-0.3, -0.25) is 4.79 Å². The summed E-state index contributed by atoms with van der Waals surface area (Å²) in [6, 6.07) is 1.64. The predicted molar refractivity (Wildman–Crippen MR) is 53.4 cm³/mol. The van der Waals surface area contributed by atoms with E-state index >= 15 is 0 Å². The van der Waals surface area contributed by atoms with E-state index in [1.54, 1.807) is 0 Å². The van der Waals surface area contributed by atoms with E-state index < -0.39 is 0 Å². The molecule has 1 heterocycles. The molecule has 0 spiro atoms. The minimum absolute atomic E-state index is 0.109. The molecule has 5 heteroatoms. The molecular weight excluding hydrogens is 204 g/mol. The number of aromatic nitrogens is 1. The van der Waals surface area contributed by atoms with Crippen molar-refractivity contribution < 1.29 is 9.32 Å². The molecule has 1 aromatic rings. The van der Waals surface area contributed by atoms with Gasteiger partial charge in [0.25, 0.3) is 5.91 Å². The molecule has 0 saturated carbocycles. The minimum Gasteiger partial charge on any atom is -0.364 e. The van der Waals surface area contributed by atoms with Crippen LogP contribution in [0.5, 0.6) is 0 Å². The molecule has 0 aliphatic heterocycles. The van der Waals surface area contributed by atoms with Crippen molar-refractivity contribution in [2.24, 2.45) is 0 Å². The van der Waals surface area contributed by atoms with Crippen LogP contribution in [-0.2, 0) is 0 Å². The Morgan fingerprint density at radius 1 is 1.79 bits per heavy atom. The summed E-state index contributed by atoms with van der Waals surface area (Å²) in [5, 5.41) is 6.33. The highest BCUT2D eigenvalue weighted by Crippen LogP contribution is 2.00. The van der Waals surface area contributed by atoms with E-state index in [0.29, 0.717) is 11.6 Å². The molecule has 4 nitrogen and oxygen atoms in total. The maximum atomic E-state index is 11.4. The summed E-state index contributed by atoms with van der Waals surface area (Å²) in [5.41, 5.74) is 0.308. The van der Waals surface area contributed by atoms with Gasteiger partial charge in [0.05, 0.1) is 0 Å². The molecule has 0 aliphatic rings. The molecule has 1 N–H and O–H groups in total. The Morgan fingerprint density at radius 3 is 3.14 bits per heavy atom. The van der Waals surface area contributed by atoms with Gasteiger partial charge in [-0.25, -0.2) is 0 Å². The average molecular weight is 217 g/mol. The van der Waals surface area contributed by atoms with E-state index in [-0.39, 0.29) is 11.9 Å². The number of amides is 1. The number of hydrogen-bond acceptors (Lipinski definition) is 3. The van der Waals surface area contributed by atoms with Crippen LogP contribution in [-0.4, -0.2) is 23.0 Å². The maximum Gasteiger partial charge on any atom is 0.273 e. The van der Waals surface area contributed by atoms with Gasteiger partial charge in [0.15, 0.2) is 5.69 Å². The molecule has 0 aromatic carbocycles. The fourth-order valence-electron chi connectivity index (χ4n) is 1.08. The minimum atomic E-state index is -0.208. The summed E-state index contributed by atoms with van der Waals surface area (Å²) in [6.07, 6.45) is 3.13. The molecule has 14 heavy (non-hydrogen) atoms. The number of carbonyl (C=O) groups excluding carboxylic acids is 1. The van der Waals surface area contributed by atoms with E-state index in [1.165, 1.54) is 12.3 Å². The van der Waals surface area contributed by atoms with Crippen LogP contribution < -0.4 is 5.32 Å². The molecule has 1 atom stereocenters. The summed E-state index contributed by atoms with van der Waals surface area (Å²) < 4.78 is 4.57. The van der Waals surface area contributed by atoms with E-state index in [9.17, 15) is 4.79 Å². The fraction of sp³-hybridized carbons (Fsp3) is 0.556. The number of nitrogens with one attached hydrogen (secondary N) is 1. The van der Waals surface area contributed by atoms with Gasteiger partial charge in [-0.1, -0.05) is 5.16 Å². The Labute approximate surface area is 87.6 Å². The third kappa shape index (κ3) is 3.38. The summed E-state index contributed by atoms with van der Waals surface area (Å²) in [6.45, 7) is 1.94. The largest absolute Gasteiger partial charge is 0.364 e. The number of nitrogens with zero attached hydrogens (tertiary/aromatic N) is 1. The van der Waals surface area contributed by atoms with Crippen molar-refractivity contribution in [2.75, 3.05) is 5.88 Å². The second-order valence-electron chi connectivity index (χ2n) is 3.09. The summed E-state index contributed by atoms with van der Waals surface area (Å²) in [5.74, 6) is 0.408. The lowest BCUT2D eigenvalue weighted by atomic mass is 10.2. The molecule has 1 unspecified atom stereocenters. The molecular formula is C9H13ClN2O2. The Hall–Kier alpha value is -1.03. The molecule has 0 saturated heterocycles. The van der Waals surface area contributed by atoms with Gasteiger partial charge < -0.3 is 9.84 Å². The van der Waals surface area contributed by atoms with Gasteiger partial charge >= 0.3 is 0 Å². The zero-order valence-electron chi connectivity index (χ0n) is 8.00. The van der Waals surface area contributed by atoms with Gasteiger partial charge in [0.1, 0.15) is 6.26 Å². The molecule has 0 radical (unpaired) electrons. The van der Waals surface area contributed by atoms with Crippen molar-refractivity contribution in [3.63, 3.8) is 0 Å². The van der Waals surface area contributed by atoms with E-state index in [2.05, 4.69) is 15.0 Å². The van der Waals surface area contributed by atoms with E-state index in [0.717, 1.165) is 12.8 Å². The van der Waals surface area contributed by atoms with Crippen LogP contribution in [0.2, 0.25) is 0 Å². The van der Waals surface area contributed by atoms with Crippen LogP contribution in [0.15, 0.2) is 16.9 Å². The molecule has 0 fully saturated rings. The number of rotatable bonds is 5. The Balaban J connectivity index is 2.34. The highest BCUT2D eigenvalue weighted by molar-refractivity contribution is 6.17. The zero-order chi connectivity index (χ0) is 10.4. The standard InChI is InChI=1S/C9H13ClN2O2/c1-7(3-2-5-10)11-9(13)8-4-6-14-12-8/h4,6-7H,2-3,5H2,1H3,(H,11,13). The summed E-state index contributed by atoms with van der Waals surface area (Å²) in [4.78, 5) is 11.4. The second kappa shape index (κ2) is 5.65. The first-order valence-electron chi connectivity index (χ1n) is 4.51. The fourth-order valence-corrected chi connectivity index (χ4v) is 1.24. The summed E-state index contributed by atoms with van der Waals surface area (Å²) >= 11 is 5.54. The van der Waals surface area contributed by atoms with E-state index in [1.807, 2.05) is 6.92 Å². The molecule has 78 valence electrons. The molecule has 1 amide bonds. The monoisotopic (exact) mass is 216 g/mol. The van der Waals surface area contributed by atoms with Crippen molar-refractivity contribution in [3.8, 4) is 0 Å². The quantitative estimate of drug-likeness (QED) is 0.764. The highest BCUT2D eigenvalue weighted by Gasteiger charge is 2.11. The third-order valence-corrected chi connectivity index (χ3v) is 2.09. The Morgan fingerprint density at radius 2 is 2.57 bits per heavy atom. The SMILES string of the molecule is CC(CCCCl)NC(=O)c1ccon1. The number of halogens is 1. The van der Waals surface area contributed by atoms with Crippen LogP contribution in [0.25, 0.3) is 0 Å². The van der Waals surface area contributed by atoms with Crippen LogP contribution in [0.4, 0.5) is 0 Å². The van der Waals surface area contributed by atoms with Gasteiger partial charge in [-0.15, -0.1) is 11.6 Å². The van der Waals surface area contributed by atoms with Crippen molar-refractivity contribution in [2.45, 2.75) is 25.8 Å². The van der Waals surface area contributed by atoms with Crippen LogP contribution in [0, 0.1) is 0 Å². The first-order chi connectivity index (χ1) is 6.74. The van der Waals surface area contributed by atoms with Gasteiger partial charge in [0, 0.05) is 18.0 Å². The average Bonchev–Trinajstić information content (AvgIpc) is 2.67. The Bertz CT molecular complexity index is 274. The maximum absolute atomic E-state index is 11.4. The molecule has 1 aromatic heterocycles. The normalized spacial score (nSPS) is 12.4. The van der Waals surface area contributed by atoms with Gasteiger partial charge in [-0.2, -0.15) is 0 Å². The number of carbonyl (C=O) groups is 1. The van der Waals surface area contributed by atoms with Crippen LogP contribution in [0.1, 0.15) is 30.3 Å². The van der Waals surface area contributed by atoms with Gasteiger partial charge in [-0.05, 0) is 19.8 Å². The van der Waals surface area contributed by atoms with Crippen molar-refractivity contribution in [1.29, 1.82) is 0 Å². The third-order valence-electron chi connectivity index (χ3n) is 1.82. The lowest BCUT2D eigenvalue weighted by Crippen LogP contribution is -2.32. The summed E-state index contributed by atoms with van der Waals surface area (Å²) in [7, 11) is 0. The number of hydrogen-bond donors (Lipinski definition) is 1.